The van der Waals surface area contributed by atoms with E-state index in [1.54, 1.807) is 0 Å². The predicted octanol–water partition coefficient (Wildman–Crippen LogP) is 1.90. The van der Waals surface area contributed by atoms with Crippen LogP contribution in [-0.2, 0) is 4.79 Å². The lowest BCUT2D eigenvalue weighted by atomic mass is 10.1. The number of hydrogen-bond donors (Lipinski definition) is 2. The average molecular weight is 298 g/mol. The third kappa shape index (κ3) is 4.78. The molecule has 0 bridgehead atoms. The molecular weight excluding hydrogens is 274 g/mol. The van der Waals surface area contributed by atoms with Gasteiger partial charge in [-0.25, -0.2) is 0 Å². The number of amides is 1. The molecular formula is C15H24ClN3O. The van der Waals surface area contributed by atoms with Crippen LogP contribution in [0.4, 0.5) is 5.69 Å². The fourth-order valence-electron chi connectivity index (χ4n) is 2.62. The van der Waals surface area contributed by atoms with Gasteiger partial charge in [-0.1, -0.05) is 18.2 Å². The molecule has 1 aromatic rings. The first kappa shape index (κ1) is 17.0. The second-order valence-corrected chi connectivity index (χ2v) is 5.31. The lowest BCUT2D eigenvalue weighted by Gasteiger charge is -2.16. The summed E-state index contributed by atoms with van der Waals surface area (Å²) >= 11 is 0. The Balaban J connectivity index is 0.00000200. The van der Waals surface area contributed by atoms with Crippen LogP contribution in [0.1, 0.15) is 12.0 Å². The molecule has 112 valence electrons. The molecule has 0 spiro atoms. The number of carbonyl (C=O) groups is 1. The molecule has 2 rings (SSSR count). The smallest absolute Gasteiger partial charge is 0.238 e. The van der Waals surface area contributed by atoms with E-state index in [0.29, 0.717) is 12.5 Å². The van der Waals surface area contributed by atoms with Crippen LogP contribution in [0.2, 0.25) is 0 Å². The Bertz CT molecular complexity index is 439. The molecule has 20 heavy (non-hydrogen) atoms. The van der Waals surface area contributed by atoms with Crippen molar-refractivity contribution in [3.05, 3.63) is 29.8 Å². The second kappa shape index (κ2) is 8.25. The van der Waals surface area contributed by atoms with Gasteiger partial charge in [-0.2, -0.15) is 0 Å². The van der Waals surface area contributed by atoms with E-state index in [4.69, 9.17) is 0 Å². The van der Waals surface area contributed by atoms with Crippen molar-refractivity contribution in [2.75, 3.05) is 38.5 Å². The minimum absolute atomic E-state index is 0. The summed E-state index contributed by atoms with van der Waals surface area (Å²) in [6.45, 7) is 5.58. The van der Waals surface area contributed by atoms with Crippen LogP contribution in [0.25, 0.3) is 0 Å². The Morgan fingerprint density at radius 2 is 2.15 bits per heavy atom. The molecule has 1 fully saturated rings. The summed E-state index contributed by atoms with van der Waals surface area (Å²) in [6, 6.07) is 7.88. The van der Waals surface area contributed by atoms with Crippen LogP contribution < -0.4 is 10.6 Å². The van der Waals surface area contributed by atoms with Crippen LogP contribution in [0.3, 0.4) is 0 Å². The molecule has 0 aliphatic carbocycles. The van der Waals surface area contributed by atoms with Crippen molar-refractivity contribution in [1.82, 2.24) is 10.2 Å². The number of carbonyl (C=O) groups excluding carboxylic acids is 1. The lowest BCUT2D eigenvalue weighted by Crippen LogP contribution is -2.32. The van der Waals surface area contributed by atoms with Crippen LogP contribution in [0.5, 0.6) is 0 Å². The fraction of sp³-hybridized carbons (Fsp3) is 0.533. The summed E-state index contributed by atoms with van der Waals surface area (Å²) in [7, 11) is 1.98. The van der Waals surface area contributed by atoms with Crippen molar-refractivity contribution in [2.45, 2.75) is 13.3 Å². The number of hydrogen-bond acceptors (Lipinski definition) is 3. The SMILES string of the molecule is CNCC1CCN(CC(=O)Nc2ccccc2C)C1.Cl. The maximum absolute atomic E-state index is 12.0. The highest BCUT2D eigenvalue weighted by atomic mass is 35.5. The molecule has 1 unspecified atom stereocenters. The summed E-state index contributed by atoms with van der Waals surface area (Å²) in [6.07, 6.45) is 1.18. The number of rotatable bonds is 5. The summed E-state index contributed by atoms with van der Waals surface area (Å²) in [5.41, 5.74) is 2.02. The number of para-hydroxylation sites is 1. The first-order valence-electron chi connectivity index (χ1n) is 6.91. The van der Waals surface area contributed by atoms with Gasteiger partial charge < -0.3 is 10.6 Å². The molecule has 1 heterocycles. The minimum Gasteiger partial charge on any atom is -0.325 e. The number of anilines is 1. The fourth-order valence-corrected chi connectivity index (χ4v) is 2.62. The van der Waals surface area contributed by atoms with Gasteiger partial charge in [0.05, 0.1) is 6.54 Å². The van der Waals surface area contributed by atoms with E-state index in [1.165, 1.54) is 6.42 Å². The van der Waals surface area contributed by atoms with E-state index >= 15 is 0 Å². The van der Waals surface area contributed by atoms with Crippen molar-refractivity contribution < 1.29 is 4.79 Å². The molecule has 1 aromatic carbocycles. The van der Waals surface area contributed by atoms with Crippen LogP contribution in [0.15, 0.2) is 24.3 Å². The van der Waals surface area contributed by atoms with Crippen molar-refractivity contribution in [3.8, 4) is 0 Å². The van der Waals surface area contributed by atoms with E-state index in [1.807, 2.05) is 38.2 Å². The van der Waals surface area contributed by atoms with E-state index in [9.17, 15) is 4.79 Å². The van der Waals surface area contributed by atoms with E-state index in [-0.39, 0.29) is 18.3 Å². The highest BCUT2D eigenvalue weighted by Gasteiger charge is 2.23. The summed E-state index contributed by atoms with van der Waals surface area (Å²) in [4.78, 5) is 14.2. The van der Waals surface area contributed by atoms with E-state index < -0.39 is 0 Å². The van der Waals surface area contributed by atoms with E-state index in [2.05, 4.69) is 15.5 Å². The number of likely N-dealkylation sites (tertiary alicyclic amines) is 1. The van der Waals surface area contributed by atoms with Crippen molar-refractivity contribution in [3.63, 3.8) is 0 Å². The summed E-state index contributed by atoms with van der Waals surface area (Å²) < 4.78 is 0. The van der Waals surface area contributed by atoms with Gasteiger partial charge in [0.25, 0.3) is 0 Å². The quantitative estimate of drug-likeness (QED) is 0.872. The Hall–Kier alpha value is -1.10. The van der Waals surface area contributed by atoms with Crippen molar-refractivity contribution in [2.24, 2.45) is 5.92 Å². The monoisotopic (exact) mass is 297 g/mol. The Labute approximate surface area is 127 Å². The Morgan fingerprint density at radius 3 is 2.85 bits per heavy atom. The maximum Gasteiger partial charge on any atom is 0.238 e. The number of aryl methyl sites for hydroxylation is 1. The predicted molar refractivity (Wildman–Crippen MR) is 85.5 cm³/mol. The maximum atomic E-state index is 12.0. The van der Waals surface area contributed by atoms with Crippen molar-refractivity contribution in [1.29, 1.82) is 0 Å². The summed E-state index contributed by atoms with van der Waals surface area (Å²) in [5, 5.41) is 6.19. The van der Waals surface area contributed by atoms with Gasteiger partial charge in [0, 0.05) is 12.2 Å². The highest BCUT2D eigenvalue weighted by Crippen LogP contribution is 2.16. The molecule has 0 radical (unpaired) electrons. The molecule has 0 aromatic heterocycles. The number of benzene rings is 1. The standard InChI is InChI=1S/C15H23N3O.ClH/c1-12-5-3-4-6-14(12)17-15(19)11-18-8-7-13(10-18)9-16-2;/h3-6,13,16H,7-11H2,1-2H3,(H,17,19);1H. The molecule has 1 atom stereocenters. The van der Waals surface area contributed by atoms with Crippen LogP contribution >= 0.6 is 12.4 Å². The number of nitrogens with one attached hydrogen (secondary N) is 2. The number of nitrogens with zero attached hydrogens (tertiary/aromatic N) is 1. The van der Waals surface area contributed by atoms with Gasteiger partial charge in [-0.3, -0.25) is 9.69 Å². The third-order valence-corrected chi connectivity index (χ3v) is 3.65. The topological polar surface area (TPSA) is 44.4 Å². The van der Waals surface area contributed by atoms with Gasteiger partial charge >= 0.3 is 0 Å². The van der Waals surface area contributed by atoms with Gasteiger partial charge in [0.1, 0.15) is 0 Å². The lowest BCUT2D eigenvalue weighted by molar-refractivity contribution is -0.117. The molecule has 1 saturated heterocycles. The molecule has 2 N–H and O–H groups in total. The van der Waals surface area contributed by atoms with Crippen LogP contribution in [-0.4, -0.2) is 44.0 Å². The van der Waals surface area contributed by atoms with Gasteiger partial charge in [0.2, 0.25) is 5.91 Å². The van der Waals surface area contributed by atoms with Gasteiger partial charge in [-0.15, -0.1) is 12.4 Å². The average Bonchev–Trinajstić information content (AvgIpc) is 2.80. The first-order valence-corrected chi connectivity index (χ1v) is 6.91. The second-order valence-electron chi connectivity index (χ2n) is 5.31. The molecule has 5 heteroatoms. The summed E-state index contributed by atoms with van der Waals surface area (Å²) in [5.74, 6) is 0.760. The Morgan fingerprint density at radius 1 is 1.40 bits per heavy atom. The molecule has 0 saturated carbocycles. The van der Waals surface area contributed by atoms with E-state index in [0.717, 1.165) is 30.9 Å². The van der Waals surface area contributed by atoms with Gasteiger partial charge in [0.15, 0.2) is 0 Å². The van der Waals surface area contributed by atoms with Crippen LogP contribution in [0, 0.1) is 12.8 Å². The van der Waals surface area contributed by atoms with Gasteiger partial charge in [-0.05, 0) is 51.0 Å². The zero-order valence-electron chi connectivity index (χ0n) is 12.2. The van der Waals surface area contributed by atoms with Crippen molar-refractivity contribution >= 4 is 24.0 Å². The third-order valence-electron chi connectivity index (χ3n) is 3.65. The minimum atomic E-state index is 0. The molecule has 4 nitrogen and oxygen atoms in total. The zero-order valence-corrected chi connectivity index (χ0v) is 13.0. The molecule has 1 aliphatic heterocycles. The zero-order chi connectivity index (χ0) is 13.7. The largest absolute Gasteiger partial charge is 0.325 e. The Kier molecular flexibility index (Phi) is 6.99. The number of halogens is 1. The highest BCUT2D eigenvalue weighted by molar-refractivity contribution is 5.92. The normalized spacial score (nSPS) is 18.6. The molecule has 1 amide bonds. The molecule has 1 aliphatic rings. The first-order chi connectivity index (χ1) is 9.19.